The van der Waals surface area contributed by atoms with Crippen molar-refractivity contribution in [1.82, 2.24) is 14.9 Å². The smallest absolute Gasteiger partial charge is 0.276 e. The SMILES string of the molecule is Nc1nccnc1C(=O)N1CCC1. The summed E-state index contributed by atoms with van der Waals surface area (Å²) < 4.78 is 0. The Kier molecular flexibility index (Phi) is 1.84. The lowest BCUT2D eigenvalue weighted by molar-refractivity contribution is 0.0646. The van der Waals surface area contributed by atoms with Crippen LogP contribution in [-0.4, -0.2) is 33.9 Å². The molecule has 0 atom stereocenters. The van der Waals surface area contributed by atoms with Crippen LogP contribution in [0.2, 0.25) is 0 Å². The van der Waals surface area contributed by atoms with Gasteiger partial charge in [-0.25, -0.2) is 9.97 Å². The number of carbonyl (C=O) groups excluding carboxylic acids is 1. The van der Waals surface area contributed by atoms with E-state index < -0.39 is 0 Å². The van der Waals surface area contributed by atoms with E-state index >= 15 is 0 Å². The number of carbonyl (C=O) groups is 1. The van der Waals surface area contributed by atoms with Gasteiger partial charge in [-0.15, -0.1) is 0 Å². The van der Waals surface area contributed by atoms with Crippen LogP contribution in [0.1, 0.15) is 16.9 Å². The van der Waals surface area contributed by atoms with E-state index in [-0.39, 0.29) is 17.4 Å². The third kappa shape index (κ3) is 1.32. The third-order valence-corrected chi connectivity index (χ3v) is 2.07. The highest BCUT2D eigenvalue weighted by atomic mass is 16.2. The zero-order chi connectivity index (χ0) is 9.26. The summed E-state index contributed by atoms with van der Waals surface area (Å²) in [5.74, 6) is 0.0938. The minimum absolute atomic E-state index is 0.114. The Morgan fingerprint density at radius 1 is 1.38 bits per heavy atom. The second-order valence-electron chi connectivity index (χ2n) is 2.94. The molecule has 1 aromatic rings. The predicted molar refractivity (Wildman–Crippen MR) is 47.0 cm³/mol. The van der Waals surface area contributed by atoms with Crippen LogP contribution in [0.15, 0.2) is 12.4 Å². The van der Waals surface area contributed by atoms with Gasteiger partial charge in [-0.2, -0.15) is 0 Å². The van der Waals surface area contributed by atoms with Crippen molar-refractivity contribution >= 4 is 11.7 Å². The molecule has 1 saturated heterocycles. The molecule has 0 aliphatic carbocycles. The van der Waals surface area contributed by atoms with Gasteiger partial charge in [-0.3, -0.25) is 4.79 Å². The summed E-state index contributed by atoms with van der Waals surface area (Å²) >= 11 is 0. The maximum atomic E-state index is 11.6. The van der Waals surface area contributed by atoms with E-state index in [9.17, 15) is 4.79 Å². The maximum Gasteiger partial charge on any atom is 0.276 e. The molecule has 68 valence electrons. The first kappa shape index (κ1) is 7.97. The molecule has 1 aromatic heterocycles. The molecule has 2 N–H and O–H groups in total. The number of nitrogens with zero attached hydrogens (tertiary/aromatic N) is 3. The Labute approximate surface area is 75.6 Å². The molecule has 1 fully saturated rings. The highest BCUT2D eigenvalue weighted by molar-refractivity contribution is 5.96. The second-order valence-corrected chi connectivity index (χ2v) is 2.94. The van der Waals surface area contributed by atoms with Gasteiger partial charge in [-0.05, 0) is 6.42 Å². The largest absolute Gasteiger partial charge is 0.382 e. The topological polar surface area (TPSA) is 72.1 Å². The number of anilines is 1. The number of likely N-dealkylation sites (tertiary alicyclic amines) is 1. The van der Waals surface area contributed by atoms with Crippen molar-refractivity contribution in [2.45, 2.75) is 6.42 Å². The van der Waals surface area contributed by atoms with Gasteiger partial charge in [0.2, 0.25) is 0 Å². The van der Waals surface area contributed by atoms with Crippen LogP contribution >= 0.6 is 0 Å². The fourth-order valence-electron chi connectivity index (χ4n) is 1.18. The Morgan fingerprint density at radius 3 is 2.62 bits per heavy atom. The monoisotopic (exact) mass is 178 g/mol. The predicted octanol–water partition coefficient (Wildman–Crippen LogP) is -0.0953. The van der Waals surface area contributed by atoms with Crippen molar-refractivity contribution in [2.24, 2.45) is 0 Å². The minimum atomic E-state index is -0.114. The average Bonchev–Trinajstić information content (AvgIpc) is 2.01. The first-order chi connectivity index (χ1) is 6.29. The molecule has 0 radical (unpaired) electrons. The normalized spacial score (nSPS) is 15.2. The molecule has 5 nitrogen and oxygen atoms in total. The van der Waals surface area contributed by atoms with Gasteiger partial charge in [0, 0.05) is 25.5 Å². The Morgan fingerprint density at radius 2 is 2.08 bits per heavy atom. The standard InChI is InChI=1S/C8H10N4O/c9-7-6(10-2-3-11-7)8(13)12-4-1-5-12/h2-3H,1,4-5H2,(H2,9,11). The summed E-state index contributed by atoms with van der Waals surface area (Å²) in [4.78, 5) is 21.0. The number of nitrogens with two attached hydrogens (primary N) is 1. The summed E-state index contributed by atoms with van der Waals surface area (Å²) in [5.41, 5.74) is 5.78. The van der Waals surface area contributed by atoms with Gasteiger partial charge < -0.3 is 10.6 Å². The van der Waals surface area contributed by atoms with Crippen LogP contribution in [0.3, 0.4) is 0 Å². The molecule has 0 aromatic carbocycles. The molecule has 0 unspecified atom stereocenters. The molecule has 0 saturated carbocycles. The number of aromatic nitrogens is 2. The van der Waals surface area contributed by atoms with Crippen LogP contribution in [-0.2, 0) is 0 Å². The first-order valence-electron chi connectivity index (χ1n) is 4.15. The second kappa shape index (κ2) is 3.01. The number of amides is 1. The highest BCUT2D eigenvalue weighted by Crippen LogP contribution is 2.13. The van der Waals surface area contributed by atoms with E-state index in [1.54, 1.807) is 4.90 Å². The van der Waals surface area contributed by atoms with Crippen LogP contribution in [0.4, 0.5) is 5.82 Å². The first-order valence-corrected chi connectivity index (χ1v) is 4.15. The quantitative estimate of drug-likeness (QED) is 0.652. The summed E-state index contributed by atoms with van der Waals surface area (Å²) in [5, 5.41) is 0. The van der Waals surface area contributed by atoms with Gasteiger partial charge in [-0.1, -0.05) is 0 Å². The van der Waals surface area contributed by atoms with Gasteiger partial charge in [0.15, 0.2) is 11.5 Å². The average molecular weight is 178 g/mol. The van der Waals surface area contributed by atoms with Crippen molar-refractivity contribution in [3.63, 3.8) is 0 Å². The lowest BCUT2D eigenvalue weighted by Crippen LogP contribution is -2.42. The fourth-order valence-corrected chi connectivity index (χ4v) is 1.18. The third-order valence-electron chi connectivity index (χ3n) is 2.07. The molecule has 1 amide bonds. The van der Waals surface area contributed by atoms with Crippen LogP contribution in [0, 0.1) is 0 Å². The highest BCUT2D eigenvalue weighted by Gasteiger charge is 2.24. The van der Waals surface area contributed by atoms with Crippen molar-refractivity contribution in [1.29, 1.82) is 0 Å². The Hall–Kier alpha value is -1.65. The van der Waals surface area contributed by atoms with E-state index in [0.717, 1.165) is 19.5 Å². The minimum Gasteiger partial charge on any atom is -0.382 e. The zero-order valence-corrected chi connectivity index (χ0v) is 7.10. The molecular formula is C8H10N4O. The van der Waals surface area contributed by atoms with E-state index in [1.165, 1.54) is 12.4 Å². The molecule has 1 aliphatic heterocycles. The van der Waals surface area contributed by atoms with Crippen molar-refractivity contribution < 1.29 is 4.79 Å². The fraction of sp³-hybridized carbons (Fsp3) is 0.375. The van der Waals surface area contributed by atoms with Crippen molar-refractivity contribution in [3.8, 4) is 0 Å². The number of rotatable bonds is 1. The lowest BCUT2D eigenvalue weighted by Gasteiger charge is -2.30. The van der Waals surface area contributed by atoms with Crippen molar-refractivity contribution in [2.75, 3.05) is 18.8 Å². The van der Waals surface area contributed by atoms with Gasteiger partial charge in [0.25, 0.3) is 5.91 Å². The summed E-state index contributed by atoms with van der Waals surface area (Å²) in [6, 6.07) is 0. The number of hydrogen-bond acceptors (Lipinski definition) is 4. The van der Waals surface area contributed by atoms with E-state index in [2.05, 4.69) is 9.97 Å². The molecule has 2 heterocycles. The van der Waals surface area contributed by atoms with E-state index in [0.29, 0.717) is 0 Å². The molecule has 0 bridgehead atoms. The van der Waals surface area contributed by atoms with Crippen LogP contribution in [0.5, 0.6) is 0 Å². The molecule has 2 rings (SSSR count). The Bertz CT molecular complexity index is 335. The molecule has 5 heteroatoms. The van der Waals surface area contributed by atoms with Crippen LogP contribution < -0.4 is 5.73 Å². The lowest BCUT2D eigenvalue weighted by atomic mass is 10.2. The zero-order valence-electron chi connectivity index (χ0n) is 7.10. The number of nitrogen functional groups attached to an aromatic ring is 1. The van der Waals surface area contributed by atoms with Gasteiger partial charge >= 0.3 is 0 Å². The molecule has 13 heavy (non-hydrogen) atoms. The summed E-state index contributed by atoms with van der Waals surface area (Å²) in [6.45, 7) is 1.60. The molecule has 0 spiro atoms. The van der Waals surface area contributed by atoms with Gasteiger partial charge in [0.05, 0.1) is 0 Å². The van der Waals surface area contributed by atoms with E-state index in [4.69, 9.17) is 5.73 Å². The van der Waals surface area contributed by atoms with Gasteiger partial charge in [0.1, 0.15) is 0 Å². The van der Waals surface area contributed by atoms with Crippen LogP contribution in [0.25, 0.3) is 0 Å². The van der Waals surface area contributed by atoms with Crippen molar-refractivity contribution in [3.05, 3.63) is 18.1 Å². The molecule has 1 aliphatic rings. The maximum absolute atomic E-state index is 11.6. The molecular weight excluding hydrogens is 168 g/mol. The van der Waals surface area contributed by atoms with E-state index in [1.807, 2.05) is 0 Å². The summed E-state index contributed by atoms with van der Waals surface area (Å²) in [7, 11) is 0. The number of hydrogen-bond donors (Lipinski definition) is 1. The summed E-state index contributed by atoms with van der Waals surface area (Å²) in [6.07, 6.45) is 4.01. The Balaban J connectivity index is 2.24.